The van der Waals surface area contributed by atoms with Crippen LogP contribution in [-0.2, 0) is 21.2 Å². The van der Waals surface area contributed by atoms with Crippen LogP contribution in [0.2, 0.25) is 5.02 Å². The van der Waals surface area contributed by atoms with Gasteiger partial charge in [0.25, 0.3) is 0 Å². The molecule has 1 amide bonds. The van der Waals surface area contributed by atoms with E-state index in [2.05, 4.69) is 24.3 Å². The van der Waals surface area contributed by atoms with Gasteiger partial charge in [0.1, 0.15) is 5.75 Å². The van der Waals surface area contributed by atoms with Gasteiger partial charge in [0.05, 0.1) is 22.4 Å². The van der Waals surface area contributed by atoms with Gasteiger partial charge in [-0.05, 0) is 68.7 Å². The van der Waals surface area contributed by atoms with Crippen LogP contribution in [0.5, 0.6) is 5.75 Å². The number of carbonyl (C=O) groups is 1. The lowest BCUT2D eigenvalue weighted by Gasteiger charge is -2.37. The molecule has 2 saturated heterocycles. The number of amides is 1. The Kier molecular flexibility index (Phi) is 8.17. The Balaban J connectivity index is 1.36. The van der Waals surface area contributed by atoms with E-state index in [4.69, 9.17) is 16.3 Å². The minimum Gasteiger partial charge on any atom is -0.492 e. The third-order valence-electron chi connectivity index (χ3n) is 6.87. The summed E-state index contributed by atoms with van der Waals surface area (Å²) in [5.74, 6) is 0.833. The predicted octanol–water partition coefficient (Wildman–Crippen LogP) is 4.62. The van der Waals surface area contributed by atoms with E-state index < -0.39 is 10.0 Å². The number of likely N-dealkylation sites (tertiary alicyclic amines) is 1. The lowest BCUT2D eigenvalue weighted by atomic mass is 9.89. The van der Waals surface area contributed by atoms with Crippen LogP contribution in [0.1, 0.15) is 38.2 Å². The lowest BCUT2D eigenvalue weighted by molar-refractivity contribution is -0.138. The minimum atomic E-state index is -3.73. The Morgan fingerprint density at radius 1 is 1.06 bits per heavy atom. The minimum absolute atomic E-state index is 0.0859. The van der Waals surface area contributed by atoms with Crippen LogP contribution >= 0.6 is 11.6 Å². The molecule has 2 aliphatic heterocycles. The van der Waals surface area contributed by atoms with Crippen LogP contribution in [0.3, 0.4) is 0 Å². The Labute approximate surface area is 207 Å². The molecule has 0 aromatic heterocycles. The van der Waals surface area contributed by atoms with Crippen LogP contribution in [0.15, 0.2) is 53.4 Å². The molecule has 34 heavy (non-hydrogen) atoms. The summed E-state index contributed by atoms with van der Waals surface area (Å²) < 4.78 is 33.4. The number of sulfonamides is 1. The van der Waals surface area contributed by atoms with Gasteiger partial charge in [0.2, 0.25) is 15.9 Å². The van der Waals surface area contributed by atoms with Gasteiger partial charge in [-0.25, -0.2) is 8.42 Å². The van der Waals surface area contributed by atoms with E-state index in [0.717, 1.165) is 38.8 Å². The van der Waals surface area contributed by atoms with Gasteiger partial charge in [-0.3, -0.25) is 4.79 Å². The van der Waals surface area contributed by atoms with E-state index in [1.54, 1.807) is 6.07 Å². The van der Waals surface area contributed by atoms with Crippen molar-refractivity contribution < 1.29 is 17.9 Å². The smallest absolute Gasteiger partial charge is 0.243 e. The standard InChI is InChI=1S/C26H33ClN2O4S/c1-2-33-25-11-10-23(18-24(25)27)34(31,32)29-14-6-9-22(19-29)26(30)28-15-12-21(13-16-28)17-20-7-4-3-5-8-20/h3-5,7-8,10-11,18,21-22H,2,6,9,12-17,19H2,1H3/t22-/m1/s1. The van der Waals surface area contributed by atoms with E-state index in [9.17, 15) is 13.2 Å². The molecule has 2 fully saturated rings. The fraction of sp³-hybridized carbons (Fsp3) is 0.500. The van der Waals surface area contributed by atoms with E-state index in [1.807, 2.05) is 17.9 Å². The van der Waals surface area contributed by atoms with E-state index in [1.165, 1.54) is 22.0 Å². The maximum atomic E-state index is 13.3. The molecule has 2 aromatic carbocycles. The van der Waals surface area contributed by atoms with Crippen molar-refractivity contribution in [1.82, 2.24) is 9.21 Å². The molecule has 6 nitrogen and oxygen atoms in total. The Morgan fingerprint density at radius 2 is 1.79 bits per heavy atom. The molecular weight excluding hydrogens is 472 g/mol. The number of halogens is 1. The first-order chi connectivity index (χ1) is 16.4. The summed E-state index contributed by atoms with van der Waals surface area (Å²) in [6.45, 7) is 4.41. The molecule has 184 valence electrons. The number of nitrogens with zero attached hydrogens (tertiary/aromatic N) is 2. The number of rotatable bonds is 7. The van der Waals surface area contributed by atoms with E-state index in [0.29, 0.717) is 31.2 Å². The highest BCUT2D eigenvalue weighted by molar-refractivity contribution is 7.89. The molecule has 0 bridgehead atoms. The molecule has 0 N–H and O–H groups in total. The van der Waals surface area contributed by atoms with Gasteiger partial charge in [-0.15, -0.1) is 0 Å². The fourth-order valence-electron chi connectivity index (χ4n) is 4.99. The first-order valence-corrected chi connectivity index (χ1v) is 14.0. The van der Waals surface area contributed by atoms with Gasteiger partial charge in [-0.1, -0.05) is 41.9 Å². The van der Waals surface area contributed by atoms with E-state index >= 15 is 0 Å². The van der Waals surface area contributed by atoms with Crippen molar-refractivity contribution in [2.24, 2.45) is 11.8 Å². The summed E-state index contributed by atoms with van der Waals surface area (Å²) in [5.41, 5.74) is 1.34. The summed E-state index contributed by atoms with van der Waals surface area (Å²) in [5, 5.41) is 0.269. The highest BCUT2D eigenvalue weighted by Crippen LogP contribution is 2.31. The maximum absolute atomic E-state index is 13.3. The number of hydrogen-bond donors (Lipinski definition) is 0. The summed E-state index contributed by atoms with van der Waals surface area (Å²) in [7, 11) is -3.73. The van der Waals surface area contributed by atoms with Crippen LogP contribution in [0.4, 0.5) is 0 Å². The van der Waals surface area contributed by atoms with Gasteiger partial charge in [-0.2, -0.15) is 4.31 Å². The second-order valence-electron chi connectivity index (χ2n) is 9.19. The SMILES string of the molecule is CCOc1ccc(S(=O)(=O)N2CCC[C@@H](C(=O)N3CCC(Cc4ccccc4)CC3)C2)cc1Cl. The number of ether oxygens (including phenoxy) is 1. The molecule has 4 rings (SSSR count). The summed E-state index contributed by atoms with van der Waals surface area (Å²) in [4.78, 5) is 15.3. The first kappa shape index (κ1) is 25.0. The van der Waals surface area contributed by atoms with Crippen LogP contribution in [-0.4, -0.2) is 56.3 Å². The summed E-state index contributed by atoms with van der Waals surface area (Å²) in [6, 6.07) is 15.0. The fourth-order valence-corrected chi connectivity index (χ4v) is 6.84. The van der Waals surface area contributed by atoms with Crippen LogP contribution in [0, 0.1) is 11.8 Å². The average molecular weight is 505 g/mol. The highest BCUT2D eigenvalue weighted by atomic mass is 35.5. The Hall–Kier alpha value is -2.09. The zero-order chi connectivity index (χ0) is 24.1. The molecule has 0 spiro atoms. The monoisotopic (exact) mass is 504 g/mol. The topological polar surface area (TPSA) is 66.9 Å². The van der Waals surface area contributed by atoms with Crippen molar-refractivity contribution in [3.05, 3.63) is 59.1 Å². The van der Waals surface area contributed by atoms with Crippen molar-refractivity contribution in [1.29, 1.82) is 0 Å². The Bertz CT molecular complexity index is 1090. The van der Waals surface area contributed by atoms with Crippen LogP contribution < -0.4 is 4.74 Å². The summed E-state index contributed by atoms with van der Waals surface area (Å²) >= 11 is 6.23. The predicted molar refractivity (Wildman–Crippen MR) is 134 cm³/mol. The quantitative estimate of drug-likeness (QED) is 0.551. The third-order valence-corrected chi connectivity index (χ3v) is 9.02. The molecule has 2 aromatic rings. The number of piperidine rings is 2. The maximum Gasteiger partial charge on any atom is 0.243 e. The third kappa shape index (κ3) is 5.75. The van der Waals surface area contributed by atoms with Gasteiger partial charge in [0, 0.05) is 26.2 Å². The Morgan fingerprint density at radius 3 is 2.47 bits per heavy atom. The second-order valence-corrected chi connectivity index (χ2v) is 11.5. The van der Waals surface area contributed by atoms with Crippen molar-refractivity contribution in [3.8, 4) is 5.75 Å². The molecule has 0 unspecified atom stereocenters. The highest BCUT2D eigenvalue weighted by Gasteiger charge is 2.36. The van der Waals surface area contributed by atoms with Crippen molar-refractivity contribution in [3.63, 3.8) is 0 Å². The van der Waals surface area contributed by atoms with Gasteiger partial charge >= 0.3 is 0 Å². The molecule has 8 heteroatoms. The van der Waals surface area contributed by atoms with Crippen molar-refractivity contribution in [2.45, 2.75) is 43.9 Å². The number of benzene rings is 2. The van der Waals surface area contributed by atoms with Gasteiger partial charge < -0.3 is 9.64 Å². The number of hydrogen-bond acceptors (Lipinski definition) is 4. The van der Waals surface area contributed by atoms with E-state index in [-0.39, 0.29) is 28.3 Å². The van der Waals surface area contributed by atoms with Crippen molar-refractivity contribution in [2.75, 3.05) is 32.8 Å². The molecule has 1 atom stereocenters. The first-order valence-electron chi connectivity index (χ1n) is 12.1. The van der Waals surface area contributed by atoms with Crippen molar-refractivity contribution >= 4 is 27.5 Å². The van der Waals surface area contributed by atoms with Gasteiger partial charge in [0.15, 0.2) is 0 Å². The average Bonchev–Trinajstić information content (AvgIpc) is 2.86. The number of carbonyl (C=O) groups excluding carboxylic acids is 1. The molecular formula is C26H33ClN2O4S. The normalized spacial score (nSPS) is 20.3. The largest absolute Gasteiger partial charge is 0.492 e. The molecule has 0 radical (unpaired) electrons. The second kappa shape index (κ2) is 11.1. The summed E-state index contributed by atoms with van der Waals surface area (Å²) in [6.07, 6.45) is 4.41. The molecule has 2 heterocycles. The molecule has 0 aliphatic carbocycles. The lowest BCUT2D eigenvalue weighted by Crippen LogP contribution is -2.48. The molecule has 0 saturated carbocycles. The zero-order valence-electron chi connectivity index (χ0n) is 19.7. The van der Waals surface area contributed by atoms with Crippen LogP contribution in [0.25, 0.3) is 0 Å². The zero-order valence-corrected chi connectivity index (χ0v) is 21.2. The molecule has 2 aliphatic rings.